The lowest BCUT2D eigenvalue weighted by Gasteiger charge is -2.37. The predicted molar refractivity (Wildman–Crippen MR) is 185 cm³/mol. The van der Waals surface area contributed by atoms with Gasteiger partial charge in [0.05, 0.1) is 26.4 Å². The van der Waals surface area contributed by atoms with E-state index in [4.69, 9.17) is 4.74 Å². The molecule has 3 aromatic heterocycles. The first-order chi connectivity index (χ1) is 22.6. The van der Waals surface area contributed by atoms with Crippen molar-refractivity contribution in [3.05, 3.63) is 71.8 Å². The van der Waals surface area contributed by atoms with Gasteiger partial charge in [-0.3, -0.25) is 29.4 Å². The van der Waals surface area contributed by atoms with Gasteiger partial charge in [0, 0.05) is 82.7 Å². The molecule has 0 N–H and O–H groups in total. The van der Waals surface area contributed by atoms with E-state index in [1.54, 1.807) is 30.6 Å². The van der Waals surface area contributed by atoms with Crippen molar-refractivity contribution < 1.29 is 18.7 Å². The molecule has 1 saturated carbocycles. The minimum absolute atomic E-state index is 0.00343. The molecule has 2 aliphatic rings. The molecule has 1 saturated heterocycles. The molecule has 0 bridgehead atoms. The third-order valence-corrected chi connectivity index (χ3v) is 10.3. The summed E-state index contributed by atoms with van der Waals surface area (Å²) in [6.45, 7) is 14.2. The van der Waals surface area contributed by atoms with Crippen LogP contribution in [0, 0.1) is 11.7 Å². The van der Waals surface area contributed by atoms with Crippen LogP contribution in [0.15, 0.2) is 54.9 Å². The van der Waals surface area contributed by atoms with Gasteiger partial charge in [-0.25, -0.2) is 4.39 Å². The van der Waals surface area contributed by atoms with Crippen molar-refractivity contribution in [2.75, 3.05) is 39.3 Å². The summed E-state index contributed by atoms with van der Waals surface area (Å²) < 4.78 is 21.8. The zero-order valence-corrected chi connectivity index (χ0v) is 28.6. The number of hydrogen-bond acceptors (Lipinski definition) is 8. The number of carbonyl (C=O) groups is 2. The van der Waals surface area contributed by atoms with E-state index in [-0.39, 0.29) is 23.9 Å². The first-order valence-electron chi connectivity index (χ1n) is 16.7. The minimum Gasteiger partial charge on any atom is -0.453 e. The van der Waals surface area contributed by atoms with E-state index in [2.05, 4.69) is 47.5 Å². The molecule has 2 fully saturated rings. The number of rotatable bonds is 13. The Hall–Kier alpha value is -3.73. The van der Waals surface area contributed by atoms with Crippen LogP contribution in [0.5, 0.6) is 11.5 Å². The maximum absolute atomic E-state index is 15.0. The van der Waals surface area contributed by atoms with Gasteiger partial charge in [-0.05, 0) is 82.3 Å². The predicted octanol–water partition coefficient (Wildman–Crippen LogP) is 7.08. The second-order valence-corrected chi connectivity index (χ2v) is 14.4. The summed E-state index contributed by atoms with van der Waals surface area (Å²) >= 11 is 1.46. The number of pyridine rings is 2. The third-order valence-electron chi connectivity index (χ3n) is 9.13. The van der Waals surface area contributed by atoms with Crippen molar-refractivity contribution in [1.29, 1.82) is 0 Å². The monoisotopic (exact) mass is 657 g/mol. The third kappa shape index (κ3) is 8.23. The van der Waals surface area contributed by atoms with Crippen LogP contribution in [0.1, 0.15) is 62.9 Å². The molecule has 10 heteroatoms. The molecule has 47 heavy (non-hydrogen) atoms. The lowest BCUT2D eigenvalue weighted by Crippen LogP contribution is -2.51. The van der Waals surface area contributed by atoms with Gasteiger partial charge in [-0.15, -0.1) is 11.3 Å². The number of aromatic nitrogens is 2. The molecule has 0 unspecified atom stereocenters. The van der Waals surface area contributed by atoms with Gasteiger partial charge in [0.2, 0.25) is 0 Å². The maximum Gasteiger partial charge on any atom is 0.255 e. The molecule has 0 spiro atoms. The second-order valence-electron chi connectivity index (χ2n) is 13.4. The van der Waals surface area contributed by atoms with Gasteiger partial charge in [-0.2, -0.15) is 0 Å². The summed E-state index contributed by atoms with van der Waals surface area (Å²) in [6.07, 6.45) is 6.34. The molecule has 0 atom stereocenters. The van der Waals surface area contributed by atoms with Crippen molar-refractivity contribution in [1.82, 2.24) is 24.7 Å². The van der Waals surface area contributed by atoms with Gasteiger partial charge in [-0.1, -0.05) is 6.07 Å². The summed E-state index contributed by atoms with van der Waals surface area (Å²) in [4.78, 5) is 42.4. The average Bonchev–Trinajstić information content (AvgIpc) is 3.75. The Labute approximate surface area is 280 Å². The normalized spacial score (nSPS) is 15.7. The molecular formula is C37H44FN5O3S. The molecule has 6 rings (SSSR count). The highest BCUT2D eigenvalue weighted by Crippen LogP contribution is 2.39. The zero-order valence-electron chi connectivity index (χ0n) is 27.7. The first-order valence-corrected chi connectivity index (χ1v) is 17.6. The Morgan fingerprint density at radius 2 is 1.74 bits per heavy atom. The van der Waals surface area contributed by atoms with Crippen LogP contribution in [0.2, 0.25) is 0 Å². The molecule has 248 valence electrons. The number of benzene rings is 1. The van der Waals surface area contributed by atoms with Crippen LogP contribution in [0.3, 0.4) is 0 Å². The van der Waals surface area contributed by atoms with Crippen LogP contribution in [0.25, 0.3) is 20.8 Å². The van der Waals surface area contributed by atoms with Crippen LogP contribution in [0.4, 0.5) is 4.39 Å². The van der Waals surface area contributed by atoms with Crippen molar-refractivity contribution >= 4 is 33.2 Å². The topological polar surface area (TPSA) is 78.9 Å². The van der Waals surface area contributed by atoms with Gasteiger partial charge >= 0.3 is 0 Å². The number of ether oxygens (including phenoxy) is 1. The van der Waals surface area contributed by atoms with E-state index >= 15 is 4.39 Å². The van der Waals surface area contributed by atoms with E-state index < -0.39 is 5.82 Å². The number of Topliss-reactive ketones (excluding diaryl/α,β-unsaturated/α-hetero) is 1. The fraction of sp³-hybridized carbons (Fsp3) is 0.459. The van der Waals surface area contributed by atoms with E-state index in [0.717, 1.165) is 59.8 Å². The van der Waals surface area contributed by atoms with Crippen LogP contribution < -0.4 is 4.74 Å². The molecule has 8 nitrogen and oxygen atoms in total. The fourth-order valence-electron chi connectivity index (χ4n) is 6.31. The number of amides is 1. The Kier molecular flexibility index (Phi) is 10.3. The maximum atomic E-state index is 15.0. The van der Waals surface area contributed by atoms with Crippen molar-refractivity contribution in [3.63, 3.8) is 0 Å². The van der Waals surface area contributed by atoms with Gasteiger partial charge in [0.25, 0.3) is 5.91 Å². The summed E-state index contributed by atoms with van der Waals surface area (Å²) in [6, 6.07) is 13.1. The standard InChI is InChI=1S/C37H44FN5O3S/c1-24(2)43(25(3)4)18-15-41-13-16-42(17-14-41)37(45)28-8-9-31(40-23-28)35-22-32-36(47-35)34(11-12-39-32)46-33-10-7-27(21-30(33)38)20-29(44)19-26-5-6-26/h7-12,21-26H,5-6,13-20H2,1-4H3. The number of carbonyl (C=O) groups excluding carboxylic acids is 2. The van der Waals surface area contributed by atoms with Crippen molar-refractivity contribution in [2.45, 2.75) is 65.5 Å². The van der Waals surface area contributed by atoms with Crippen LogP contribution in [-0.4, -0.2) is 87.7 Å². The smallest absolute Gasteiger partial charge is 0.255 e. The molecule has 1 aliphatic heterocycles. The highest BCUT2D eigenvalue weighted by molar-refractivity contribution is 7.22. The van der Waals surface area contributed by atoms with E-state index in [1.165, 1.54) is 17.4 Å². The Bertz CT molecular complexity index is 1700. The van der Waals surface area contributed by atoms with E-state index in [1.807, 2.05) is 23.1 Å². The fourth-order valence-corrected chi connectivity index (χ4v) is 7.36. The SMILES string of the molecule is CC(C)N(CCN1CCN(C(=O)c2ccc(-c3cc4nccc(Oc5ccc(CC(=O)CC6CC6)cc5F)c4s3)nc2)CC1)C(C)C. The highest BCUT2D eigenvalue weighted by atomic mass is 32.1. The molecule has 4 aromatic rings. The van der Waals surface area contributed by atoms with E-state index in [0.29, 0.717) is 54.4 Å². The molecule has 1 aromatic carbocycles. The summed E-state index contributed by atoms with van der Waals surface area (Å²) in [5.41, 5.74) is 2.68. The Balaban J connectivity index is 1.07. The Morgan fingerprint density at radius 1 is 0.979 bits per heavy atom. The van der Waals surface area contributed by atoms with E-state index in [9.17, 15) is 9.59 Å². The van der Waals surface area contributed by atoms with Crippen LogP contribution >= 0.6 is 11.3 Å². The number of halogens is 1. The number of thiophene rings is 1. The highest BCUT2D eigenvalue weighted by Gasteiger charge is 2.25. The minimum atomic E-state index is -0.504. The number of nitrogens with zero attached hydrogens (tertiary/aromatic N) is 5. The number of piperazine rings is 1. The molecule has 0 radical (unpaired) electrons. The summed E-state index contributed by atoms with van der Waals surface area (Å²) in [5.74, 6) is 0.760. The van der Waals surface area contributed by atoms with Gasteiger partial charge in [0.15, 0.2) is 11.6 Å². The van der Waals surface area contributed by atoms with Crippen molar-refractivity contribution in [3.8, 4) is 22.1 Å². The molecule has 1 amide bonds. The Morgan fingerprint density at radius 3 is 2.40 bits per heavy atom. The molecule has 1 aliphatic carbocycles. The molecular weight excluding hydrogens is 614 g/mol. The largest absolute Gasteiger partial charge is 0.453 e. The zero-order chi connectivity index (χ0) is 33.1. The molecule has 4 heterocycles. The first kappa shape index (κ1) is 33.2. The number of fused-ring (bicyclic) bond motifs is 1. The number of hydrogen-bond donors (Lipinski definition) is 0. The lowest BCUT2D eigenvalue weighted by atomic mass is 10.0. The summed E-state index contributed by atoms with van der Waals surface area (Å²) in [7, 11) is 0. The second kappa shape index (κ2) is 14.6. The number of ketones is 1. The summed E-state index contributed by atoms with van der Waals surface area (Å²) in [5, 5.41) is 0. The van der Waals surface area contributed by atoms with Crippen molar-refractivity contribution in [2.24, 2.45) is 5.92 Å². The lowest BCUT2D eigenvalue weighted by molar-refractivity contribution is -0.118. The quantitative estimate of drug-likeness (QED) is 0.152. The van der Waals surface area contributed by atoms with Gasteiger partial charge in [0.1, 0.15) is 11.5 Å². The van der Waals surface area contributed by atoms with Gasteiger partial charge < -0.3 is 9.64 Å². The average molecular weight is 658 g/mol. The van der Waals surface area contributed by atoms with Crippen LogP contribution in [-0.2, 0) is 11.2 Å².